The van der Waals surface area contributed by atoms with Gasteiger partial charge in [0.2, 0.25) is 11.5 Å². The molecule has 0 unspecified atom stereocenters. The zero-order valence-electron chi connectivity index (χ0n) is 17.9. The van der Waals surface area contributed by atoms with E-state index in [1.807, 2.05) is 0 Å². The number of amides is 2. The second-order valence-electron chi connectivity index (χ2n) is 7.89. The Morgan fingerprint density at radius 3 is 2.59 bits per heavy atom. The highest BCUT2D eigenvalue weighted by Crippen LogP contribution is 2.34. The van der Waals surface area contributed by atoms with Crippen LogP contribution in [0.3, 0.4) is 0 Å². The van der Waals surface area contributed by atoms with Gasteiger partial charge >= 0.3 is 22.4 Å². The summed E-state index contributed by atoms with van der Waals surface area (Å²) in [6.07, 6.45) is -1.32. The molecule has 2 amide bonds. The summed E-state index contributed by atoms with van der Waals surface area (Å²) >= 11 is 0.971. The molecule has 0 radical (unpaired) electrons. The number of aliphatic carboxylic acids is 1. The third-order valence-electron chi connectivity index (χ3n) is 5.12. The Balaban J connectivity index is 1.87. The fourth-order valence-electron chi connectivity index (χ4n) is 3.23. The summed E-state index contributed by atoms with van der Waals surface area (Å²) in [7, 11) is -4.95. The molecule has 2 aliphatic rings. The lowest BCUT2D eigenvalue weighted by molar-refractivity contribution is -0.161. The highest BCUT2D eigenvalue weighted by molar-refractivity contribution is 7.84. The first-order chi connectivity index (χ1) is 15.7. The van der Waals surface area contributed by atoms with Crippen molar-refractivity contribution < 1.29 is 46.8 Å². The Hall–Kier alpha value is -3.31. The van der Waals surface area contributed by atoms with Gasteiger partial charge in [-0.05, 0) is 13.8 Å². The van der Waals surface area contributed by atoms with Crippen molar-refractivity contribution in [3.63, 3.8) is 0 Å². The summed E-state index contributed by atoms with van der Waals surface area (Å²) in [6, 6.07) is -1.24. The average Bonchev–Trinajstić information content (AvgIpc) is 3.32. The van der Waals surface area contributed by atoms with Gasteiger partial charge in [-0.25, -0.2) is 18.9 Å². The number of anilines is 1. The first kappa shape index (κ1) is 25.3. The first-order valence-electron chi connectivity index (χ1n) is 9.69. The largest absolute Gasteiger partial charge is 0.478 e. The fourth-order valence-corrected chi connectivity index (χ4v) is 4.70. The number of carbonyl (C=O) groups excluding carboxylic acids is 3. The number of rotatable bonds is 10. The third-order valence-corrected chi connectivity index (χ3v) is 6.74. The van der Waals surface area contributed by atoms with Crippen molar-refractivity contribution >= 4 is 56.2 Å². The molecule has 1 aromatic heterocycles. The molecule has 4 N–H and O–H groups in total. The number of β-lactam (4-membered cyclic amide) rings is 1. The standard InChI is InChI=1S/C17H21N5O10S2/c1-17(2,14(25)26)32-20-12(9-7-33-15(18)19-9)11(23)5-8-10(6-21-3-4-31-16(21)27)22(13(8)24)34(28,29)30/h7-8,10H,3-6H2,1-2H3,(H2,18,19)(H,25,26)(H,28,29,30)/b20-12-/t8-,10+/m0/s1. The molecule has 2 fully saturated rings. The van der Waals surface area contributed by atoms with E-state index < -0.39 is 63.8 Å². The number of aromatic nitrogens is 1. The van der Waals surface area contributed by atoms with Crippen molar-refractivity contribution in [1.82, 2.24) is 14.2 Å². The van der Waals surface area contributed by atoms with Crippen LogP contribution in [-0.4, -0.2) is 93.1 Å². The lowest BCUT2D eigenvalue weighted by Crippen LogP contribution is -2.66. The Labute approximate surface area is 197 Å². The van der Waals surface area contributed by atoms with E-state index in [2.05, 4.69) is 10.1 Å². The van der Waals surface area contributed by atoms with Gasteiger partial charge in [-0.15, -0.1) is 11.3 Å². The SMILES string of the molecule is CC(C)(O/N=C(\C(=O)C[C@@H]1C(=O)N(S(=O)(=O)O)[C@@H]1CN1CCOC1=O)c1csc(N)n1)C(=O)O. The lowest BCUT2D eigenvalue weighted by Gasteiger charge is -2.45. The van der Waals surface area contributed by atoms with Gasteiger partial charge in [0.05, 0.1) is 18.5 Å². The lowest BCUT2D eigenvalue weighted by atomic mass is 9.84. The number of ketones is 1. The van der Waals surface area contributed by atoms with Gasteiger partial charge in [0.25, 0.3) is 0 Å². The zero-order chi connectivity index (χ0) is 25.4. The maximum Gasteiger partial charge on any atom is 0.410 e. The molecule has 0 aromatic carbocycles. The minimum atomic E-state index is -4.95. The van der Waals surface area contributed by atoms with Gasteiger partial charge in [0, 0.05) is 18.3 Å². The number of nitrogens with zero attached hydrogens (tertiary/aromatic N) is 4. The molecule has 34 heavy (non-hydrogen) atoms. The van der Waals surface area contributed by atoms with Crippen LogP contribution in [0.2, 0.25) is 0 Å². The van der Waals surface area contributed by atoms with Crippen LogP contribution < -0.4 is 5.73 Å². The number of carbonyl (C=O) groups is 4. The third kappa shape index (κ3) is 5.10. The number of thiazole rings is 1. The summed E-state index contributed by atoms with van der Waals surface area (Å²) in [5.41, 5.74) is 3.33. The van der Waals surface area contributed by atoms with Crippen molar-refractivity contribution in [2.24, 2.45) is 11.1 Å². The van der Waals surface area contributed by atoms with Crippen LogP contribution in [0, 0.1) is 5.92 Å². The van der Waals surface area contributed by atoms with Crippen LogP contribution in [-0.2, 0) is 34.3 Å². The van der Waals surface area contributed by atoms with Crippen molar-refractivity contribution in [3.05, 3.63) is 11.1 Å². The van der Waals surface area contributed by atoms with Crippen LogP contribution in [0.1, 0.15) is 26.0 Å². The second kappa shape index (κ2) is 9.15. The summed E-state index contributed by atoms with van der Waals surface area (Å²) in [4.78, 5) is 58.7. The van der Waals surface area contributed by atoms with Crippen molar-refractivity contribution in [1.29, 1.82) is 0 Å². The number of ether oxygens (including phenoxy) is 1. The van der Waals surface area contributed by atoms with Gasteiger partial charge in [0.1, 0.15) is 12.3 Å². The molecule has 0 bridgehead atoms. The first-order valence-corrected chi connectivity index (χ1v) is 12.0. The molecule has 1 aromatic rings. The van der Waals surface area contributed by atoms with E-state index in [1.165, 1.54) is 19.2 Å². The monoisotopic (exact) mass is 519 g/mol. The van der Waals surface area contributed by atoms with Crippen molar-refractivity contribution in [2.75, 3.05) is 25.4 Å². The number of hydrogen-bond acceptors (Lipinski definition) is 12. The summed E-state index contributed by atoms with van der Waals surface area (Å²) in [5.74, 6) is -4.49. The maximum absolute atomic E-state index is 13.1. The van der Waals surface area contributed by atoms with E-state index in [4.69, 9.17) is 15.3 Å². The molecule has 3 heterocycles. The number of cyclic esters (lactones) is 1. The van der Waals surface area contributed by atoms with Crippen LogP contribution in [0.15, 0.2) is 10.5 Å². The predicted molar refractivity (Wildman–Crippen MR) is 114 cm³/mol. The Kier molecular flexibility index (Phi) is 6.81. The molecular formula is C17H21N5O10S2. The maximum atomic E-state index is 13.1. The van der Waals surface area contributed by atoms with Crippen LogP contribution >= 0.6 is 11.3 Å². The van der Waals surface area contributed by atoms with Gasteiger partial charge in [-0.2, -0.15) is 8.42 Å². The minimum Gasteiger partial charge on any atom is -0.478 e. The van der Waals surface area contributed by atoms with E-state index in [1.54, 1.807) is 0 Å². The molecule has 2 saturated heterocycles. The number of hydrogen-bond donors (Lipinski definition) is 3. The number of oxime groups is 1. The average molecular weight is 520 g/mol. The highest BCUT2D eigenvalue weighted by atomic mass is 32.2. The van der Waals surface area contributed by atoms with Gasteiger partial charge in [-0.3, -0.25) is 14.1 Å². The quantitative estimate of drug-likeness (QED) is 0.152. The minimum absolute atomic E-state index is 0.0354. The number of nitrogen functional groups attached to an aromatic ring is 1. The Morgan fingerprint density at radius 2 is 2.09 bits per heavy atom. The summed E-state index contributed by atoms with van der Waals surface area (Å²) < 4.78 is 37.7. The van der Waals surface area contributed by atoms with Crippen LogP contribution in [0.25, 0.3) is 0 Å². The molecule has 15 nitrogen and oxygen atoms in total. The molecule has 0 aliphatic carbocycles. The zero-order valence-corrected chi connectivity index (χ0v) is 19.5. The molecular weight excluding hydrogens is 498 g/mol. The molecule has 0 saturated carbocycles. The Morgan fingerprint density at radius 1 is 1.41 bits per heavy atom. The predicted octanol–water partition coefficient (Wildman–Crippen LogP) is -0.650. The number of nitrogens with two attached hydrogens (primary N) is 1. The molecule has 3 rings (SSSR count). The van der Waals surface area contributed by atoms with E-state index in [0.717, 1.165) is 16.2 Å². The van der Waals surface area contributed by atoms with Crippen molar-refractivity contribution in [3.8, 4) is 0 Å². The van der Waals surface area contributed by atoms with E-state index in [0.29, 0.717) is 0 Å². The summed E-state index contributed by atoms with van der Waals surface area (Å²) in [6.45, 7) is 2.28. The Bertz CT molecular complexity index is 1160. The van der Waals surface area contributed by atoms with Crippen LogP contribution in [0.5, 0.6) is 0 Å². The molecule has 2 aliphatic heterocycles. The molecule has 17 heteroatoms. The van der Waals surface area contributed by atoms with Gasteiger partial charge < -0.3 is 25.3 Å². The van der Waals surface area contributed by atoms with Crippen molar-refractivity contribution in [2.45, 2.75) is 31.9 Å². The highest BCUT2D eigenvalue weighted by Gasteiger charge is 2.55. The fraction of sp³-hybridized carbons (Fsp3) is 0.529. The van der Waals surface area contributed by atoms with Crippen LogP contribution in [0.4, 0.5) is 9.93 Å². The topological polar surface area (TPSA) is 219 Å². The van der Waals surface area contributed by atoms with E-state index >= 15 is 0 Å². The molecule has 2 atom stereocenters. The normalized spacial score (nSPS) is 21.3. The summed E-state index contributed by atoms with van der Waals surface area (Å²) in [5, 5.41) is 14.3. The second-order valence-corrected chi connectivity index (χ2v) is 10.1. The van der Waals surface area contributed by atoms with E-state index in [-0.39, 0.29) is 34.8 Å². The number of Topliss-reactive ketones (excluding diaryl/α,β-unsaturated/α-hetero) is 1. The number of carboxylic acid groups (broad SMARTS) is 1. The van der Waals surface area contributed by atoms with Gasteiger partial charge in [-0.1, -0.05) is 5.16 Å². The van der Waals surface area contributed by atoms with Gasteiger partial charge in [0.15, 0.2) is 16.6 Å². The van der Waals surface area contributed by atoms with E-state index in [9.17, 15) is 37.3 Å². The molecule has 0 spiro atoms. The smallest absolute Gasteiger partial charge is 0.410 e. The number of carboxylic acids is 1. The molecule has 186 valence electrons.